The second kappa shape index (κ2) is 3.86. The smallest absolute Gasteiger partial charge is 0.276 e. The van der Waals surface area contributed by atoms with Crippen LogP contribution in [0.4, 0.5) is 0 Å². The van der Waals surface area contributed by atoms with E-state index in [0.717, 1.165) is 39.0 Å². The Morgan fingerprint density at radius 1 is 1.38 bits per heavy atom. The molecule has 86 valence electrons. The van der Waals surface area contributed by atoms with E-state index in [4.69, 9.17) is 0 Å². The van der Waals surface area contributed by atoms with Crippen LogP contribution < -0.4 is 5.32 Å². The average Bonchev–Trinajstić information content (AvgIpc) is 3.08. The number of aromatic nitrogens is 3. The molecule has 1 aliphatic carbocycles. The van der Waals surface area contributed by atoms with Crippen molar-refractivity contribution in [3.05, 3.63) is 11.9 Å². The van der Waals surface area contributed by atoms with Gasteiger partial charge in [-0.1, -0.05) is 5.21 Å². The maximum absolute atomic E-state index is 12.0. The summed E-state index contributed by atoms with van der Waals surface area (Å²) < 4.78 is 1.81. The van der Waals surface area contributed by atoms with Crippen molar-refractivity contribution in [3.63, 3.8) is 0 Å². The summed E-state index contributed by atoms with van der Waals surface area (Å²) in [5.74, 6) is 0.00778. The molecule has 0 bridgehead atoms. The van der Waals surface area contributed by atoms with Crippen molar-refractivity contribution in [3.8, 4) is 0 Å². The standard InChI is InChI=1S/C10H15N5O/c16-10(14-5-3-11-4-6-14)9-7-15(13-12-9)8-1-2-8/h7-8,11H,1-6H2. The van der Waals surface area contributed by atoms with E-state index in [0.29, 0.717) is 11.7 Å². The fourth-order valence-electron chi connectivity index (χ4n) is 1.92. The first-order valence-electron chi connectivity index (χ1n) is 5.76. The van der Waals surface area contributed by atoms with Crippen molar-refractivity contribution in [1.29, 1.82) is 0 Å². The van der Waals surface area contributed by atoms with Crippen LogP contribution in [0.15, 0.2) is 6.20 Å². The Morgan fingerprint density at radius 3 is 2.81 bits per heavy atom. The Morgan fingerprint density at radius 2 is 2.12 bits per heavy atom. The molecule has 1 N–H and O–H groups in total. The van der Waals surface area contributed by atoms with Gasteiger partial charge in [0, 0.05) is 26.2 Å². The van der Waals surface area contributed by atoms with Gasteiger partial charge in [0.1, 0.15) is 0 Å². The molecule has 2 aliphatic rings. The Kier molecular flexibility index (Phi) is 2.36. The molecule has 1 amide bonds. The van der Waals surface area contributed by atoms with Crippen LogP contribution >= 0.6 is 0 Å². The predicted octanol–water partition coefficient (Wildman–Crippen LogP) is -0.342. The monoisotopic (exact) mass is 221 g/mol. The van der Waals surface area contributed by atoms with Gasteiger partial charge >= 0.3 is 0 Å². The van der Waals surface area contributed by atoms with Crippen molar-refractivity contribution in [1.82, 2.24) is 25.2 Å². The van der Waals surface area contributed by atoms with Crippen LogP contribution in [0.5, 0.6) is 0 Å². The van der Waals surface area contributed by atoms with E-state index in [1.54, 1.807) is 6.20 Å². The first kappa shape index (κ1) is 9.77. The number of rotatable bonds is 2. The summed E-state index contributed by atoms with van der Waals surface area (Å²) in [7, 11) is 0. The fourth-order valence-corrected chi connectivity index (χ4v) is 1.92. The van der Waals surface area contributed by atoms with E-state index in [9.17, 15) is 4.79 Å². The molecular formula is C10H15N5O. The highest BCUT2D eigenvalue weighted by Gasteiger charge is 2.27. The number of nitrogens with one attached hydrogen (secondary N) is 1. The molecule has 1 aromatic rings. The van der Waals surface area contributed by atoms with Crippen LogP contribution in [-0.2, 0) is 0 Å². The zero-order chi connectivity index (χ0) is 11.0. The summed E-state index contributed by atoms with van der Waals surface area (Å²) in [5, 5.41) is 11.2. The van der Waals surface area contributed by atoms with Gasteiger partial charge < -0.3 is 10.2 Å². The minimum Gasteiger partial charge on any atom is -0.335 e. The zero-order valence-electron chi connectivity index (χ0n) is 9.09. The molecule has 1 saturated carbocycles. The van der Waals surface area contributed by atoms with Gasteiger partial charge in [-0.15, -0.1) is 5.10 Å². The van der Waals surface area contributed by atoms with Gasteiger partial charge in [0.2, 0.25) is 0 Å². The highest BCUT2D eigenvalue weighted by atomic mass is 16.2. The van der Waals surface area contributed by atoms with E-state index >= 15 is 0 Å². The van der Waals surface area contributed by atoms with Crippen LogP contribution in [0, 0.1) is 0 Å². The molecule has 2 heterocycles. The fraction of sp³-hybridized carbons (Fsp3) is 0.700. The first-order chi connectivity index (χ1) is 7.84. The number of carbonyl (C=O) groups is 1. The summed E-state index contributed by atoms with van der Waals surface area (Å²) in [4.78, 5) is 13.9. The lowest BCUT2D eigenvalue weighted by Gasteiger charge is -2.26. The SMILES string of the molecule is O=C(c1cn(C2CC2)nn1)N1CCNCC1. The van der Waals surface area contributed by atoms with Gasteiger partial charge in [0.15, 0.2) is 5.69 Å². The van der Waals surface area contributed by atoms with Crippen molar-refractivity contribution in [2.45, 2.75) is 18.9 Å². The van der Waals surface area contributed by atoms with E-state index in [1.165, 1.54) is 0 Å². The lowest BCUT2D eigenvalue weighted by molar-refractivity contribution is 0.0730. The quantitative estimate of drug-likeness (QED) is 0.742. The average molecular weight is 221 g/mol. The number of amides is 1. The number of carbonyl (C=O) groups excluding carboxylic acids is 1. The molecule has 1 aromatic heterocycles. The van der Waals surface area contributed by atoms with Crippen LogP contribution in [0.2, 0.25) is 0 Å². The third kappa shape index (κ3) is 1.80. The zero-order valence-corrected chi connectivity index (χ0v) is 9.09. The molecule has 6 nitrogen and oxygen atoms in total. The van der Waals surface area contributed by atoms with E-state index in [2.05, 4.69) is 15.6 Å². The lowest BCUT2D eigenvalue weighted by atomic mass is 10.3. The highest BCUT2D eigenvalue weighted by Crippen LogP contribution is 2.33. The van der Waals surface area contributed by atoms with Crippen molar-refractivity contribution >= 4 is 5.91 Å². The van der Waals surface area contributed by atoms with Gasteiger partial charge in [-0.3, -0.25) is 4.79 Å². The van der Waals surface area contributed by atoms with Crippen molar-refractivity contribution in [2.75, 3.05) is 26.2 Å². The first-order valence-corrected chi connectivity index (χ1v) is 5.76. The number of piperazine rings is 1. The van der Waals surface area contributed by atoms with E-state index < -0.39 is 0 Å². The molecule has 0 atom stereocenters. The molecule has 2 fully saturated rings. The number of nitrogens with zero attached hydrogens (tertiary/aromatic N) is 4. The van der Waals surface area contributed by atoms with Crippen molar-refractivity contribution in [2.24, 2.45) is 0 Å². The third-order valence-electron chi connectivity index (χ3n) is 3.05. The third-order valence-corrected chi connectivity index (χ3v) is 3.05. The Bertz CT molecular complexity index is 392. The summed E-state index contributed by atoms with van der Waals surface area (Å²) in [6.45, 7) is 3.25. The Labute approximate surface area is 93.6 Å². The minimum absolute atomic E-state index is 0.00778. The molecule has 16 heavy (non-hydrogen) atoms. The van der Waals surface area contributed by atoms with Gasteiger partial charge in [-0.2, -0.15) is 0 Å². The molecule has 6 heteroatoms. The second-order valence-electron chi connectivity index (χ2n) is 4.36. The largest absolute Gasteiger partial charge is 0.335 e. The summed E-state index contributed by atoms with van der Waals surface area (Å²) in [6.07, 6.45) is 4.09. The lowest BCUT2D eigenvalue weighted by Crippen LogP contribution is -2.46. The highest BCUT2D eigenvalue weighted by molar-refractivity contribution is 5.92. The molecule has 0 radical (unpaired) electrons. The van der Waals surface area contributed by atoms with Crippen LogP contribution in [0.1, 0.15) is 29.4 Å². The molecule has 0 spiro atoms. The second-order valence-corrected chi connectivity index (χ2v) is 4.36. The topological polar surface area (TPSA) is 63.1 Å². The van der Waals surface area contributed by atoms with Gasteiger partial charge in [0.25, 0.3) is 5.91 Å². The molecular weight excluding hydrogens is 206 g/mol. The maximum atomic E-state index is 12.0. The van der Waals surface area contributed by atoms with Crippen LogP contribution in [0.25, 0.3) is 0 Å². The van der Waals surface area contributed by atoms with Gasteiger partial charge in [-0.05, 0) is 12.8 Å². The number of hydrogen-bond donors (Lipinski definition) is 1. The summed E-state index contributed by atoms with van der Waals surface area (Å²) in [6, 6.07) is 0.483. The molecule has 1 aliphatic heterocycles. The minimum atomic E-state index is 0.00778. The van der Waals surface area contributed by atoms with Gasteiger partial charge in [0.05, 0.1) is 12.2 Å². The molecule has 1 saturated heterocycles. The Hall–Kier alpha value is -1.43. The maximum Gasteiger partial charge on any atom is 0.276 e. The molecule has 3 rings (SSSR count). The molecule has 0 unspecified atom stereocenters. The van der Waals surface area contributed by atoms with Crippen LogP contribution in [0.3, 0.4) is 0 Å². The van der Waals surface area contributed by atoms with Crippen LogP contribution in [-0.4, -0.2) is 52.0 Å². The van der Waals surface area contributed by atoms with Crippen molar-refractivity contribution < 1.29 is 4.79 Å². The van der Waals surface area contributed by atoms with E-state index in [1.807, 2.05) is 9.58 Å². The molecule has 0 aromatic carbocycles. The predicted molar refractivity (Wildman–Crippen MR) is 57.1 cm³/mol. The Balaban J connectivity index is 1.71. The van der Waals surface area contributed by atoms with Gasteiger partial charge in [-0.25, -0.2) is 4.68 Å². The summed E-state index contributed by atoms with van der Waals surface area (Å²) >= 11 is 0. The summed E-state index contributed by atoms with van der Waals surface area (Å²) in [5.41, 5.74) is 0.480. The number of hydrogen-bond acceptors (Lipinski definition) is 4. The normalized spacial score (nSPS) is 21.1. The van der Waals surface area contributed by atoms with E-state index in [-0.39, 0.29) is 5.91 Å².